The summed E-state index contributed by atoms with van der Waals surface area (Å²) in [6, 6.07) is -2.33. The van der Waals surface area contributed by atoms with Crippen LogP contribution >= 0.6 is 0 Å². The minimum atomic E-state index is -4.80. The van der Waals surface area contributed by atoms with Crippen LogP contribution in [-0.4, -0.2) is 46.4 Å². The van der Waals surface area contributed by atoms with Crippen molar-refractivity contribution >= 4 is 12.1 Å². The Morgan fingerprint density at radius 1 is 1.26 bits per heavy atom. The molecule has 2 atom stereocenters. The third-order valence-corrected chi connectivity index (χ3v) is 2.68. The van der Waals surface area contributed by atoms with Crippen LogP contribution < -0.4 is 0 Å². The van der Waals surface area contributed by atoms with Crippen molar-refractivity contribution in [1.82, 2.24) is 4.90 Å². The first-order chi connectivity index (χ1) is 8.43. The Morgan fingerprint density at radius 2 is 1.79 bits per heavy atom. The van der Waals surface area contributed by atoms with E-state index in [-0.39, 0.29) is 13.0 Å². The number of carbonyl (C=O) groups excluding carboxylic acids is 1. The molecule has 0 radical (unpaired) electrons. The molecule has 1 saturated heterocycles. The largest absolute Gasteiger partial charge is 0.481 e. The molecule has 1 amide bonds. The van der Waals surface area contributed by atoms with Crippen LogP contribution in [0.4, 0.5) is 18.0 Å². The lowest BCUT2D eigenvalue weighted by molar-refractivity contribution is -0.189. The third-order valence-electron chi connectivity index (χ3n) is 2.68. The number of ether oxygens (including phenoxy) is 1. The van der Waals surface area contributed by atoms with Crippen LogP contribution in [0.2, 0.25) is 0 Å². The number of hydrogen-bond donors (Lipinski definition) is 1. The molecule has 0 unspecified atom stereocenters. The average Bonchev–Trinajstić information content (AvgIpc) is 2.57. The molecule has 0 aromatic rings. The Labute approximate surface area is 108 Å². The molecule has 110 valence electrons. The zero-order valence-corrected chi connectivity index (χ0v) is 10.8. The molecule has 1 fully saturated rings. The van der Waals surface area contributed by atoms with Gasteiger partial charge in [-0.1, -0.05) is 0 Å². The van der Waals surface area contributed by atoms with Crippen molar-refractivity contribution in [2.75, 3.05) is 6.54 Å². The summed E-state index contributed by atoms with van der Waals surface area (Å²) in [5.74, 6) is -3.21. The van der Waals surface area contributed by atoms with Gasteiger partial charge in [0, 0.05) is 6.54 Å². The Hall–Kier alpha value is -1.47. The number of amides is 1. The zero-order valence-electron chi connectivity index (χ0n) is 10.8. The normalized spacial score (nSPS) is 24.4. The quantitative estimate of drug-likeness (QED) is 0.801. The number of nitrogens with zero attached hydrogens (tertiary/aromatic N) is 1. The summed E-state index contributed by atoms with van der Waals surface area (Å²) >= 11 is 0. The van der Waals surface area contributed by atoms with E-state index in [9.17, 15) is 22.8 Å². The van der Waals surface area contributed by atoms with Crippen molar-refractivity contribution in [3.05, 3.63) is 0 Å². The first-order valence-corrected chi connectivity index (χ1v) is 5.72. The number of likely N-dealkylation sites (tertiary alicyclic amines) is 1. The molecule has 0 saturated carbocycles. The van der Waals surface area contributed by atoms with Crippen LogP contribution in [0.5, 0.6) is 0 Å². The van der Waals surface area contributed by atoms with Crippen LogP contribution in [0.25, 0.3) is 0 Å². The van der Waals surface area contributed by atoms with Crippen LogP contribution in [0.3, 0.4) is 0 Å². The second-order valence-corrected chi connectivity index (χ2v) is 5.39. The molecule has 5 nitrogen and oxygen atoms in total. The predicted molar refractivity (Wildman–Crippen MR) is 58.5 cm³/mol. The highest BCUT2D eigenvalue weighted by Gasteiger charge is 2.56. The lowest BCUT2D eigenvalue weighted by atomic mass is 10.0. The van der Waals surface area contributed by atoms with Crippen molar-refractivity contribution in [3.63, 3.8) is 0 Å². The summed E-state index contributed by atoms with van der Waals surface area (Å²) in [6.45, 7) is 4.30. The maximum absolute atomic E-state index is 12.9. The highest BCUT2D eigenvalue weighted by atomic mass is 19.4. The highest BCUT2D eigenvalue weighted by molar-refractivity contribution is 5.75. The second-order valence-electron chi connectivity index (χ2n) is 5.39. The molecule has 0 aliphatic carbocycles. The monoisotopic (exact) mass is 283 g/mol. The van der Waals surface area contributed by atoms with Gasteiger partial charge in [0.25, 0.3) is 0 Å². The van der Waals surface area contributed by atoms with E-state index < -0.39 is 35.8 Å². The molecule has 0 aromatic heterocycles. The van der Waals surface area contributed by atoms with E-state index in [0.717, 1.165) is 0 Å². The fraction of sp³-hybridized carbons (Fsp3) is 0.818. The number of alkyl halides is 3. The standard InChI is InChI=1S/C11H16F3NO4/c1-10(2,3)19-9(18)15-5-4-6(8(16)17)7(15)11(12,13)14/h6-7H,4-5H2,1-3H3,(H,16,17)/t6-,7+/m0/s1. The van der Waals surface area contributed by atoms with Crippen molar-refractivity contribution in [2.24, 2.45) is 5.92 Å². The number of hydrogen-bond acceptors (Lipinski definition) is 3. The number of carboxylic acids is 1. The van der Waals surface area contributed by atoms with Gasteiger partial charge >= 0.3 is 18.2 Å². The zero-order chi connectivity index (χ0) is 15.0. The predicted octanol–water partition coefficient (Wildman–Crippen LogP) is 2.26. The highest BCUT2D eigenvalue weighted by Crippen LogP contribution is 2.37. The van der Waals surface area contributed by atoms with Gasteiger partial charge < -0.3 is 9.84 Å². The summed E-state index contributed by atoms with van der Waals surface area (Å²) < 4.78 is 43.6. The molecule has 1 rings (SSSR count). The lowest BCUT2D eigenvalue weighted by Crippen LogP contribution is -2.50. The first kappa shape index (κ1) is 15.6. The maximum Gasteiger partial charge on any atom is 0.410 e. The smallest absolute Gasteiger partial charge is 0.410 e. The SMILES string of the molecule is CC(C)(C)OC(=O)N1CC[C@H](C(=O)O)[C@@H]1C(F)(F)F. The van der Waals surface area contributed by atoms with Gasteiger partial charge in [0.2, 0.25) is 0 Å². The van der Waals surface area contributed by atoms with E-state index >= 15 is 0 Å². The lowest BCUT2D eigenvalue weighted by Gasteiger charge is -2.30. The summed E-state index contributed by atoms with van der Waals surface area (Å²) in [4.78, 5) is 23.0. The number of carbonyl (C=O) groups is 2. The molecule has 8 heteroatoms. The molecular weight excluding hydrogens is 267 g/mol. The van der Waals surface area contributed by atoms with E-state index in [0.29, 0.717) is 4.90 Å². The molecule has 0 spiro atoms. The topological polar surface area (TPSA) is 66.8 Å². The van der Waals surface area contributed by atoms with Gasteiger partial charge in [-0.3, -0.25) is 9.69 Å². The average molecular weight is 283 g/mol. The van der Waals surface area contributed by atoms with Gasteiger partial charge in [0.1, 0.15) is 11.6 Å². The van der Waals surface area contributed by atoms with Gasteiger partial charge in [-0.05, 0) is 27.2 Å². The molecule has 1 heterocycles. The summed E-state index contributed by atoms with van der Waals surface area (Å²) in [5, 5.41) is 8.80. The Balaban J connectivity index is 2.95. The van der Waals surface area contributed by atoms with Gasteiger partial charge in [0.15, 0.2) is 0 Å². The van der Waals surface area contributed by atoms with E-state index in [4.69, 9.17) is 9.84 Å². The van der Waals surface area contributed by atoms with Crippen molar-refractivity contribution in [3.8, 4) is 0 Å². The third kappa shape index (κ3) is 3.74. The van der Waals surface area contributed by atoms with E-state index in [1.165, 1.54) is 20.8 Å². The van der Waals surface area contributed by atoms with Gasteiger partial charge in [-0.25, -0.2) is 4.79 Å². The van der Waals surface area contributed by atoms with E-state index in [2.05, 4.69) is 0 Å². The fourth-order valence-corrected chi connectivity index (χ4v) is 1.98. The molecule has 19 heavy (non-hydrogen) atoms. The summed E-state index contributed by atoms with van der Waals surface area (Å²) in [7, 11) is 0. The Morgan fingerprint density at radius 3 is 2.16 bits per heavy atom. The molecule has 0 bridgehead atoms. The minimum absolute atomic E-state index is 0.237. The van der Waals surface area contributed by atoms with Crippen LogP contribution in [-0.2, 0) is 9.53 Å². The second kappa shape index (κ2) is 4.90. The summed E-state index contributed by atoms with van der Waals surface area (Å²) in [5.41, 5.74) is -0.936. The van der Waals surface area contributed by atoms with Crippen LogP contribution in [0, 0.1) is 5.92 Å². The van der Waals surface area contributed by atoms with E-state index in [1.807, 2.05) is 0 Å². The molecule has 1 aliphatic rings. The van der Waals surface area contributed by atoms with Crippen molar-refractivity contribution in [1.29, 1.82) is 0 Å². The molecule has 1 N–H and O–H groups in total. The summed E-state index contributed by atoms with van der Waals surface area (Å²) in [6.07, 6.45) is -6.17. The number of carboxylic acid groups (broad SMARTS) is 1. The van der Waals surface area contributed by atoms with Gasteiger partial charge in [0.05, 0.1) is 5.92 Å². The van der Waals surface area contributed by atoms with E-state index in [1.54, 1.807) is 0 Å². The fourth-order valence-electron chi connectivity index (χ4n) is 1.98. The molecule has 1 aliphatic heterocycles. The van der Waals surface area contributed by atoms with Crippen LogP contribution in [0.15, 0.2) is 0 Å². The number of aliphatic carboxylic acids is 1. The van der Waals surface area contributed by atoms with Gasteiger partial charge in [-0.15, -0.1) is 0 Å². The Kier molecular flexibility index (Phi) is 4.02. The van der Waals surface area contributed by atoms with Crippen LogP contribution in [0.1, 0.15) is 27.2 Å². The first-order valence-electron chi connectivity index (χ1n) is 5.72. The molecule has 0 aromatic carbocycles. The van der Waals surface area contributed by atoms with Crippen molar-refractivity contribution < 1.29 is 32.6 Å². The van der Waals surface area contributed by atoms with Gasteiger partial charge in [-0.2, -0.15) is 13.2 Å². The minimum Gasteiger partial charge on any atom is -0.481 e. The van der Waals surface area contributed by atoms with Crippen molar-refractivity contribution in [2.45, 2.75) is 45.0 Å². The number of rotatable bonds is 1. The maximum atomic E-state index is 12.9. The molecular formula is C11H16F3NO4. The number of halogens is 3. The Bertz CT molecular complexity index is 375.